The minimum atomic E-state index is -3.41. The number of sulfonamides is 1. The first-order valence-electron chi connectivity index (χ1n) is 8.91. The first kappa shape index (κ1) is 20.0. The summed E-state index contributed by atoms with van der Waals surface area (Å²) in [5.74, 6) is -0.122. The standard InChI is InChI=1S/C19H24N2O4S2/c1-25-14-16-6-4-15(5-7-16)13-20-18(22)12-17-8-9-19(26-17)27(23,24)21-10-2-3-11-21/h4-9H,2-3,10-14H2,1H3,(H,20,22). The number of methoxy groups -OCH3 is 1. The summed E-state index contributed by atoms with van der Waals surface area (Å²) >= 11 is 1.18. The number of benzene rings is 1. The summed E-state index contributed by atoms with van der Waals surface area (Å²) < 4.78 is 32.0. The molecule has 146 valence electrons. The number of carbonyl (C=O) groups is 1. The van der Waals surface area contributed by atoms with E-state index in [1.165, 1.54) is 15.6 Å². The fourth-order valence-electron chi connectivity index (χ4n) is 2.99. The van der Waals surface area contributed by atoms with Crippen molar-refractivity contribution in [2.24, 2.45) is 0 Å². The van der Waals surface area contributed by atoms with Crippen molar-refractivity contribution < 1.29 is 17.9 Å². The Labute approximate surface area is 164 Å². The van der Waals surface area contributed by atoms with Crippen LogP contribution in [0.25, 0.3) is 0 Å². The van der Waals surface area contributed by atoms with E-state index in [0.717, 1.165) is 28.8 Å². The summed E-state index contributed by atoms with van der Waals surface area (Å²) in [6, 6.07) is 11.2. The van der Waals surface area contributed by atoms with Gasteiger partial charge in [0, 0.05) is 31.6 Å². The topological polar surface area (TPSA) is 75.7 Å². The molecule has 0 radical (unpaired) electrons. The number of carbonyl (C=O) groups excluding carboxylic acids is 1. The van der Waals surface area contributed by atoms with E-state index in [1.807, 2.05) is 24.3 Å². The summed E-state index contributed by atoms with van der Waals surface area (Å²) in [5.41, 5.74) is 2.09. The third kappa shape index (κ3) is 5.16. The van der Waals surface area contributed by atoms with Crippen molar-refractivity contribution in [1.82, 2.24) is 9.62 Å². The van der Waals surface area contributed by atoms with E-state index in [-0.39, 0.29) is 12.3 Å². The smallest absolute Gasteiger partial charge is 0.252 e. The quantitative estimate of drug-likeness (QED) is 0.728. The number of ether oxygens (including phenoxy) is 1. The Kier molecular flexibility index (Phi) is 6.64. The predicted molar refractivity (Wildman–Crippen MR) is 105 cm³/mol. The van der Waals surface area contributed by atoms with E-state index in [1.54, 1.807) is 19.2 Å². The SMILES string of the molecule is COCc1ccc(CNC(=O)Cc2ccc(S(=O)(=O)N3CCCC3)s2)cc1. The van der Waals surface area contributed by atoms with Gasteiger partial charge in [-0.15, -0.1) is 11.3 Å². The number of amides is 1. The number of nitrogens with zero attached hydrogens (tertiary/aromatic N) is 1. The van der Waals surface area contributed by atoms with Gasteiger partial charge in [0.05, 0.1) is 13.0 Å². The molecule has 6 nitrogen and oxygen atoms in total. The van der Waals surface area contributed by atoms with Crippen LogP contribution in [0.5, 0.6) is 0 Å². The maximum atomic E-state index is 12.5. The van der Waals surface area contributed by atoms with Crippen molar-refractivity contribution in [1.29, 1.82) is 0 Å². The average Bonchev–Trinajstić information content (AvgIpc) is 3.34. The van der Waals surface area contributed by atoms with Crippen LogP contribution in [0, 0.1) is 0 Å². The zero-order valence-electron chi connectivity index (χ0n) is 15.3. The Morgan fingerprint density at radius 3 is 2.44 bits per heavy atom. The van der Waals surface area contributed by atoms with Crippen LogP contribution < -0.4 is 5.32 Å². The highest BCUT2D eigenvalue weighted by Gasteiger charge is 2.28. The lowest BCUT2D eigenvalue weighted by Crippen LogP contribution is -2.27. The fourth-order valence-corrected chi connectivity index (χ4v) is 6.01. The molecule has 0 unspecified atom stereocenters. The van der Waals surface area contributed by atoms with Gasteiger partial charge in [-0.2, -0.15) is 4.31 Å². The highest BCUT2D eigenvalue weighted by molar-refractivity contribution is 7.91. The van der Waals surface area contributed by atoms with E-state index in [2.05, 4.69) is 5.32 Å². The van der Waals surface area contributed by atoms with Gasteiger partial charge < -0.3 is 10.1 Å². The Morgan fingerprint density at radius 2 is 1.78 bits per heavy atom. The molecule has 0 aliphatic carbocycles. The molecular formula is C19H24N2O4S2. The maximum Gasteiger partial charge on any atom is 0.252 e. The van der Waals surface area contributed by atoms with Crippen LogP contribution in [-0.4, -0.2) is 38.8 Å². The average molecular weight is 409 g/mol. The molecule has 2 aromatic rings. The van der Waals surface area contributed by atoms with Gasteiger partial charge in [-0.1, -0.05) is 24.3 Å². The van der Waals surface area contributed by atoms with Gasteiger partial charge >= 0.3 is 0 Å². The van der Waals surface area contributed by atoms with Crippen LogP contribution in [0.15, 0.2) is 40.6 Å². The molecule has 0 bridgehead atoms. The summed E-state index contributed by atoms with van der Waals surface area (Å²) in [6.45, 7) is 2.17. The monoisotopic (exact) mass is 408 g/mol. The first-order valence-corrected chi connectivity index (χ1v) is 11.2. The summed E-state index contributed by atoms with van der Waals surface area (Å²) in [5, 5.41) is 2.88. The van der Waals surface area contributed by atoms with E-state index >= 15 is 0 Å². The van der Waals surface area contributed by atoms with Crippen LogP contribution in [0.2, 0.25) is 0 Å². The number of hydrogen-bond donors (Lipinski definition) is 1. The van der Waals surface area contributed by atoms with Crippen molar-refractivity contribution in [3.8, 4) is 0 Å². The molecule has 0 atom stereocenters. The molecule has 1 aromatic carbocycles. The summed E-state index contributed by atoms with van der Waals surface area (Å²) in [7, 11) is -1.75. The van der Waals surface area contributed by atoms with Crippen molar-refractivity contribution in [3.05, 3.63) is 52.4 Å². The Hall–Kier alpha value is -1.74. The van der Waals surface area contributed by atoms with Crippen molar-refractivity contribution in [2.45, 2.75) is 36.6 Å². The second kappa shape index (κ2) is 8.97. The van der Waals surface area contributed by atoms with Crippen molar-refractivity contribution >= 4 is 27.3 Å². The van der Waals surface area contributed by atoms with Gasteiger partial charge in [0.15, 0.2) is 0 Å². The summed E-state index contributed by atoms with van der Waals surface area (Å²) in [4.78, 5) is 12.9. The molecule has 1 fully saturated rings. The lowest BCUT2D eigenvalue weighted by atomic mass is 10.1. The van der Waals surface area contributed by atoms with Gasteiger partial charge in [0.25, 0.3) is 10.0 Å². The Morgan fingerprint density at radius 1 is 1.11 bits per heavy atom. The van der Waals surface area contributed by atoms with Crippen LogP contribution >= 0.6 is 11.3 Å². The maximum absolute atomic E-state index is 12.5. The van der Waals surface area contributed by atoms with Crippen LogP contribution in [0.3, 0.4) is 0 Å². The van der Waals surface area contributed by atoms with Gasteiger partial charge in [-0.3, -0.25) is 4.79 Å². The zero-order chi connectivity index (χ0) is 19.3. The highest BCUT2D eigenvalue weighted by Crippen LogP contribution is 2.27. The molecule has 1 N–H and O–H groups in total. The van der Waals surface area contributed by atoms with Gasteiger partial charge in [-0.05, 0) is 36.1 Å². The van der Waals surface area contributed by atoms with E-state index in [4.69, 9.17) is 4.74 Å². The number of nitrogens with one attached hydrogen (secondary N) is 1. The lowest BCUT2D eigenvalue weighted by Gasteiger charge is -2.13. The molecule has 1 aromatic heterocycles. The van der Waals surface area contributed by atoms with E-state index in [0.29, 0.717) is 30.5 Å². The molecule has 1 saturated heterocycles. The largest absolute Gasteiger partial charge is 0.380 e. The molecule has 1 amide bonds. The molecule has 0 saturated carbocycles. The Bertz CT molecular complexity index is 869. The second-order valence-electron chi connectivity index (χ2n) is 6.53. The predicted octanol–water partition coefficient (Wildman–Crippen LogP) is 2.54. The fraction of sp³-hybridized carbons (Fsp3) is 0.421. The molecule has 2 heterocycles. The van der Waals surface area contributed by atoms with Gasteiger partial charge in [0.2, 0.25) is 5.91 Å². The van der Waals surface area contributed by atoms with Crippen LogP contribution in [-0.2, 0) is 39.1 Å². The lowest BCUT2D eigenvalue weighted by molar-refractivity contribution is -0.120. The number of hydrogen-bond acceptors (Lipinski definition) is 5. The Balaban J connectivity index is 1.53. The van der Waals surface area contributed by atoms with Gasteiger partial charge in [-0.25, -0.2) is 8.42 Å². The number of thiophene rings is 1. The molecule has 27 heavy (non-hydrogen) atoms. The summed E-state index contributed by atoms with van der Waals surface area (Å²) in [6.07, 6.45) is 2.00. The van der Waals surface area contributed by atoms with Crippen molar-refractivity contribution in [2.75, 3.05) is 20.2 Å². The third-order valence-corrected chi connectivity index (χ3v) is 7.91. The number of rotatable bonds is 8. The molecule has 3 rings (SSSR count). The normalized spacial score (nSPS) is 15.1. The highest BCUT2D eigenvalue weighted by atomic mass is 32.2. The molecule has 1 aliphatic heterocycles. The first-order chi connectivity index (χ1) is 13.0. The molecule has 8 heteroatoms. The minimum absolute atomic E-state index is 0.122. The zero-order valence-corrected chi connectivity index (χ0v) is 16.9. The third-order valence-electron chi connectivity index (χ3n) is 4.45. The van der Waals surface area contributed by atoms with Gasteiger partial charge in [0.1, 0.15) is 4.21 Å². The van der Waals surface area contributed by atoms with Crippen LogP contribution in [0.1, 0.15) is 28.8 Å². The molecular weight excluding hydrogens is 384 g/mol. The van der Waals surface area contributed by atoms with Crippen molar-refractivity contribution in [3.63, 3.8) is 0 Å². The van der Waals surface area contributed by atoms with E-state index in [9.17, 15) is 13.2 Å². The second-order valence-corrected chi connectivity index (χ2v) is 9.87. The minimum Gasteiger partial charge on any atom is -0.380 e. The van der Waals surface area contributed by atoms with E-state index < -0.39 is 10.0 Å². The molecule has 0 spiro atoms. The molecule has 1 aliphatic rings. The van der Waals surface area contributed by atoms with Crippen LogP contribution in [0.4, 0.5) is 0 Å².